The first-order valence-electron chi connectivity index (χ1n) is 8.67. The molecule has 5 nitrogen and oxygen atoms in total. The minimum atomic E-state index is -0.877. The lowest BCUT2D eigenvalue weighted by Crippen LogP contribution is -2.29. The number of rotatable bonds is 8. The molecule has 3 rings (SSSR count). The highest BCUT2D eigenvalue weighted by atomic mass is 32.2. The molecular formula is C20H19NO4S3. The van der Waals surface area contributed by atoms with Gasteiger partial charge in [0.05, 0.1) is 4.91 Å². The van der Waals surface area contributed by atoms with Crippen molar-refractivity contribution in [3.8, 4) is 5.75 Å². The largest absolute Gasteiger partial charge is 0.489 e. The standard InChI is InChI=1S/C20H19NO4S3/c1-13-15(8-10-27-13)12-25-16-6-4-14(5-7-16)11-17-19(24)21(20(26)28-17)9-2-3-18(22)23/h4-8,10-11H,2-3,9,12H2,1H3,(H,22,23). The molecule has 0 atom stereocenters. The number of carbonyl (C=O) groups excluding carboxylic acids is 1. The Hall–Kier alpha value is -2.16. The van der Waals surface area contributed by atoms with Crippen LogP contribution in [-0.2, 0) is 16.2 Å². The lowest BCUT2D eigenvalue weighted by molar-refractivity contribution is -0.137. The zero-order chi connectivity index (χ0) is 20.1. The van der Waals surface area contributed by atoms with Crippen LogP contribution in [0, 0.1) is 6.92 Å². The second-order valence-corrected chi connectivity index (χ2v) is 8.99. The molecule has 28 heavy (non-hydrogen) atoms. The van der Waals surface area contributed by atoms with Gasteiger partial charge in [0.2, 0.25) is 0 Å². The van der Waals surface area contributed by atoms with Crippen molar-refractivity contribution < 1.29 is 19.4 Å². The molecule has 2 heterocycles. The molecule has 1 fully saturated rings. The number of thiophene rings is 1. The van der Waals surface area contributed by atoms with Crippen LogP contribution in [0.15, 0.2) is 40.6 Å². The molecule has 0 radical (unpaired) electrons. The lowest BCUT2D eigenvalue weighted by atomic mass is 10.2. The summed E-state index contributed by atoms with van der Waals surface area (Å²) in [6.07, 6.45) is 2.19. The topological polar surface area (TPSA) is 66.8 Å². The van der Waals surface area contributed by atoms with Crippen LogP contribution in [0.2, 0.25) is 0 Å². The highest BCUT2D eigenvalue weighted by Crippen LogP contribution is 2.33. The third-order valence-electron chi connectivity index (χ3n) is 4.18. The van der Waals surface area contributed by atoms with E-state index in [1.165, 1.54) is 27.1 Å². The van der Waals surface area contributed by atoms with Crippen molar-refractivity contribution in [3.63, 3.8) is 0 Å². The maximum atomic E-state index is 12.5. The number of benzene rings is 1. The minimum absolute atomic E-state index is 0.0163. The Kier molecular flexibility index (Phi) is 6.88. The number of thioether (sulfide) groups is 1. The fourth-order valence-electron chi connectivity index (χ4n) is 2.61. The third-order valence-corrected chi connectivity index (χ3v) is 6.45. The van der Waals surface area contributed by atoms with Crippen molar-refractivity contribution in [2.45, 2.75) is 26.4 Å². The Balaban J connectivity index is 1.60. The number of carbonyl (C=O) groups is 2. The van der Waals surface area contributed by atoms with Gasteiger partial charge in [-0.05, 0) is 48.6 Å². The van der Waals surface area contributed by atoms with Crippen molar-refractivity contribution in [1.29, 1.82) is 0 Å². The van der Waals surface area contributed by atoms with E-state index in [4.69, 9.17) is 22.1 Å². The molecule has 1 amide bonds. The molecule has 0 bridgehead atoms. The van der Waals surface area contributed by atoms with Crippen molar-refractivity contribution in [2.24, 2.45) is 0 Å². The van der Waals surface area contributed by atoms with Crippen molar-refractivity contribution in [2.75, 3.05) is 6.54 Å². The number of carboxylic acid groups (broad SMARTS) is 1. The highest BCUT2D eigenvalue weighted by molar-refractivity contribution is 8.26. The van der Waals surface area contributed by atoms with E-state index in [2.05, 4.69) is 18.4 Å². The number of hydrogen-bond donors (Lipinski definition) is 1. The van der Waals surface area contributed by atoms with Gasteiger partial charge in [-0.3, -0.25) is 14.5 Å². The van der Waals surface area contributed by atoms with E-state index >= 15 is 0 Å². The average molecular weight is 434 g/mol. The van der Waals surface area contributed by atoms with Crippen LogP contribution in [0.25, 0.3) is 6.08 Å². The predicted molar refractivity (Wildman–Crippen MR) is 117 cm³/mol. The van der Waals surface area contributed by atoms with Crippen LogP contribution in [0.3, 0.4) is 0 Å². The van der Waals surface area contributed by atoms with E-state index in [1.807, 2.05) is 24.3 Å². The quantitative estimate of drug-likeness (QED) is 0.481. The van der Waals surface area contributed by atoms with Crippen LogP contribution in [0.5, 0.6) is 5.75 Å². The van der Waals surface area contributed by atoms with E-state index in [0.717, 1.165) is 11.3 Å². The summed E-state index contributed by atoms with van der Waals surface area (Å²) < 4.78 is 6.28. The molecule has 1 aromatic heterocycles. The number of nitrogens with zero attached hydrogens (tertiary/aromatic N) is 1. The molecule has 1 saturated heterocycles. The Morgan fingerprint density at radius 1 is 1.29 bits per heavy atom. The maximum Gasteiger partial charge on any atom is 0.303 e. The SMILES string of the molecule is Cc1sccc1COc1ccc(C=C2SC(=S)N(CCCC(=O)O)C2=O)cc1. The number of hydrogen-bond acceptors (Lipinski definition) is 6. The predicted octanol–water partition coefficient (Wildman–Crippen LogP) is 4.70. The fraction of sp³-hybridized carbons (Fsp3) is 0.250. The van der Waals surface area contributed by atoms with Gasteiger partial charge in [-0.1, -0.05) is 36.1 Å². The summed E-state index contributed by atoms with van der Waals surface area (Å²) in [5.74, 6) is -0.282. The summed E-state index contributed by atoms with van der Waals surface area (Å²) in [6.45, 7) is 2.93. The molecule has 1 aliphatic rings. The maximum absolute atomic E-state index is 12.5. The Labute approximate surface area is 177 Å². The van der Waals surface area contributed by atoms with Crippen LogP contribution in [0.1, 0.15) is 28.8 Å². The average Bonchev–Trinajstić information content (AvgIpc) is 3.18. The molecule has 0 spiro atoms. The summed E-state index contributed by atoms with van der Waals surface area (Å²) >= 11 is 8.20. The van der Waals surface area contributed by atoms with Gasteiger partial charge < -0.3 is 9.84 Å². The van der Waals surface area contributed by atoms with Gasteiger partial charge in [0, 0.05) is 23.4 Å². The normalized spacial score (nSPS) is 15.5. The molecule has 0 unspecified atom stereocenters. The summed E-state index contributed by atoms with van der Waals surface area (Å²) in [5, 5.41) is 10.8. The Morgan fingerprint density at radius 2 is 2.04 bits per heavy atom. The molecule has 8 heteroatoms. The van der Waals surface area contributed by atoms with Gasteiger partial charge in [-0.25, -0.2) is 0 Å². The Morgan fingerprint density at radius 3 is 2.68 bits per heavy atom. The molecule has 1 aliphatic heterocycles. The second kappa shape index (κ2) is 9.36. The van der Waals surface area contributed by atoms with E-state index in [1.54, 1.807) is 17.4 Å². The van der Waals surface area contributed by atoms with Crippen LogP contribution < -0.4 is 4.74 Å². The molecule has 0 aliphatic carbocycles. The zero-order valence-electron chi connectivity index (χ0n) is 15.2. The summed E-state index contributed by atoms with van der Waals surface area (Å²) in [6, 6.07) is 9.61. The molecule has 2 aromatic rings. The Bertz CT molecular complexity index is 918. The number of thiocarbonyl (C=S) groups is 1. The molecule has 1 aromatic carbocycles. The van der Waals surface area contributed by atoms with Crippen molar-refractivity contribution in [1.82, 2.24) is 4.90 Å². The van der Waals surface area contributed by atoms with E-state index in [9.17, 15) is 9.59 Å². The van der Waals surface area contributed by atoms with Gasteiger partial charge in [0.25, 0.3) is 5.91 Å². The lowest BCUT2D eigenvalue weighted by Gasteiger charge is -2.13. The monoisotopic (exact) mass is 433 g/mol. The molecular weight excluding hydrogens is 414 g/mol. The number of ether oxygens (including phenoxy) is 1. The van der Waals surface area contributed by atoms with E-state index in [-0.39, 0.29) is 12.3 Å². The highest BCUT2D eigenvalue weighted by Gasteiger charge is 2.31. The van der Waals surface area contributed by atoms with Gasteiger partial charge in [-0.2, -0.15) is 0 Å². The second-order valence-electron chi connectivity index (χ2n) is 6.19. The number of carboxylic acids is 1. The van der Waals surface area contributed by atoms with Crippen molar-refractivity contribution in [3.05, 3.63) is 56.6 Å². The van der Waals surface area contributed by atoms with Crippen LogP contribution >= 0.6 is 35.3 Å². The van der Waals surface area contributed by atoms with Crippen LogP contribution in [-0.4, -0.2) is 32.7 Å². The molecule has 146 valence electrons. The van der Waals surface area contributed by atoms with Crippen LogP contribution in [0.4, 0.5) is 0 Å². The molecule has 0 saturated carbocycles. The fourth-order valence-corrected chi connectivity index (χ4v) is 4.64. The van der Waals surface area contributed by atoms with Crippen molar-refractivity contribution >= 4 is 57.6 Å². The van der Waals surface area contributed by atoms with Gasteiger partial charge in [0.15, 0.2) is 0 Å². The van der Waals surface area contributed by atoms with E-state index < -0.39 is 5.97 Å². The molecule has 1 N–H and O–H groups in total. The summed E-state index contributed by atoms with van der Waals surface area (Å²) in [7, 11) is 0. The zero-order valence-corrected chi connectivity index (χ0v) is 17.7. The van der Waals surface area contributed by atoms with E-state index in [0.29, 0.717) is 28.8 Å². The first kappa shape index (κ1) is 20.6. The summed E-state index contributed by atoms with van der Waals surface area (Å²) in [5.41, 5.74) is 2.06. The van der Waals surface area contributed by atoms with Gasteiger partial charge >= 0.3 is 5.97 Å². The smallest absolute Gasteiger partial charge is 0.303 e. The minimum Gasteiger partial charge on any atom is -0.489 e. The number of aliphatic carboxylic acids is 1. The first-order chi connectivity index (χ1) is 13.4. The van der Waals surface area contributed by atoms with Gasteiger partial charge in [0.1, 0.15) is 16.7 Å². The summed E-state index contributed by atoms with van der Waals surface area (Å²) in [4.78, 5) is 26.4. The number of aryl methyl sites for hydroxylation is 1. The van der Waals surface area contributed by atoms with Gasteiger partial charge in [-0.15, -0.1) is 11.3 Å². The number of amides is 1. The first-order valence-corrected chi connectivity index (χ1v) is 10.8. The third kappa shape index (κ3) is 5.21.